The minimum absolute atomic E-state index is 0.676. The van der Waals surface area contributed by atoms with Gasteiger partial charge in [0.15, 0.2) is 0 Å². The average molecular weight is 264 g/mol. The number of rotatable bonds is 6. The molecule has 1 aromatic rings. The zero-order valence-corrected chi connectivity index (χ0v) is 12.6. The lowest BCUT2D eigenvalue weighted by Gasteiger charge is -2.38. The third kappa shape index (κ3) is 4.08. The molecule has 0 radical (unpaired) electrons. The van der Waals surface area contributed by atoms with Crippen molar-refractivity contribution in [2.45, 2.75) is 71.6 Å². The summed E-state index contributed by atoms with van der Waals surface area (Å²) in [4.78, 5) is 2.57. The summed E-state index contributed by atoms with van der Waals surface area (Å²) in [7, 11) is 0. The number of likely N-dealkylation sites (tertiary alicyclic amines) is 1. The molecule has 1 aliphatic heterocycles. The Morgan fingerprint density at radius 2 is 1.89 bits per heavy atom. The lowest BCUT2D eigenvalue weighted by Crippen LogP contribution is -2.42. The first-order valence-corrected chi connectivity index (χ1v) is 7.74. The lowest BCUT2D eigenvalue weighted by atomic mass is 9.97. The van der Waals surface area contributed by atoms with E-state index in [1.165, 1.54) is 19.3 Å². The smallest absolute Gasteiger partial charge is 0.118 e. The highest BCUT2D eigenvalue weighted by molar-refractivity contribution is 5.07. The van der Waals surface area contributed by atoms with E-state index >= 15 is 0 Å². The lowest BCUT2D eigenvalue weighted by molar-refractivity contribution is 0.0866. The van der Waals surface area contributed by atoms with Crippen molar-refractivity contribution >= 4 is 0 Å². The number of nitrogens with one attached hydrogen (secondary N) is 1. The van der Waals surface area contributed by atoms with E-state index in [2.05, 4.69) is 43.1 Å². The molecule has 3 heteroatoms. The van der Waals surface area contributed by atoms with Gasteiger partial charge >= 0.3 is 0 Å². The Labute approximate surface area is 117 Å². The molecule has 0 saturated carbocycles. The standard InChI is InChI=1S/C16H28N2O/c1-4-10-17-11-15-8-9-16(19-15)12-18-13(2)6-5-7-14(18)3/h8-9,13-14,17H,4-7,10-12H2,1-3H3/t13-,14+. The van der Waals surface area contributed by atoms with Gasteiger partial charge in [-0.15, -0.1) is 0 Å². The van der Waals surface area contributed by atoms with Gasteiger partial charge in [-0.3, -0.25) is 4.90 Å². The Morgan fingerprint density at radius 3 is 2.58 bits per heavy atom. The largest absolute Gasteiger partial charge is 0.463 e. The molecule has 1 aliphatic rings. The molecule has 1 aromatic heterocycles. The average Bonchev–Trinajstić information content (AvgIpc) is 2.82. The summed E-state index contributed by atoms with van der Waals surface area (Å²) in [5.41, 5.74) is 0. The Bertz CT molecular complexity index is 365. The van der Waals surface area contributed by atoms with Crippen LogP contribution in [-0.2, 0) is 13.1 Å². The zero-order chi connectivity index (χ0) is 13.7. The summed E-state index contributed by atoms with van der Waals surface area (Å²) in [6.07, 6.45) is 5.16. The van der Waals surface area contributed by atoms with Crippen LogP contribution in [0.5, 0.6) is 0 Å². The fourth-order valence-corrected chi connectivity index (χ4v) is 2.96. The molecule has 0 aromatic carbocycles. The topological polar surface area (TPSA) is 28.4 Å². The van der Waals surface area contributed by atoms with Crippen LogP contribution in [0.2, 0.25) is 0 Å². The number of nitrogens with zero attached hydrogens (tertiary/aromatic N) is 1. The van der Waals surface area contributed by atoms with Crippen LogP contribution >= 0.6 is 0 Å². The van der Waals surface area contributed by atoms with Crippen LogP contribution in [0.3, 0.4) is 0 Å². The van der Waals surface area contributed by atoms with Crippen LogP contribution in [-0.4, -0.2) is 23.5 Å². The van der Waals surface area contributed by atoms with E-state index in [1.54, 1.807) is 0 Å². The van der Waals surface area contributed by atoms with E-state index in [0.29, 0.717) is 12.1 Å². The molecule has 0 amide bonds. The minimum atomic E-state index is 0.676. The van der Waals surface area contributed by atoms with E-state index in [4.69, 9.17) is 4.42 Å². The second kappa shape index (κ2) is 7.11. The van der Waals surface area contributed by atoms with Crippen molar-refractivity contribution in [1.29, 1.82) is 0 Å². The number of hydrogen-bond donors (Lipinski definition) is 1. The molecule has 0 aliphatic carbocycles. The summed E-state index contributed by atoms with van der Waals surface area (Å²) >= 11 is 0. The zero-order valence-electron chi connectivity index (χ0n) is 12.6. The van der Waals surface area contributed by atoms with Crippen LogP contribution < -0.4 is 5.32 Å². The molecule has 2 rings (SSSR count). The maximum atomic E-state index is 5.93. The molecule has 2 atom stereocenters. The third-order valence-electron chi connectivity index (χ3n) is 4.16. The maximum Gasteiger partial charge on any atom is 0.118 e. The fraction of sp³-hybridized carbons (Fsp3) is 0.750. The van der Waals surface area contributed by atoms with Gasteiger partial charge in [-0.25, -0.2) is 0 Å². The molecule has 1 N–H and O–H groups in total. The Hall–Kier alpha value is -0.800. The van der Waals surface area contributed by atoms with Crippen molar-refractivity contribution in [1.82, 2.24) is 10.2 Å². The maximum absolute atomic E-state index is 5.93. The molecule has 2 heterocycles. The van der Waals surface area contributed by atoms with Gasteiger partial charge < -0.3 is 9.73 Å². The van der Waals surface area contributed by atoms with E-state index in [0.717, 1.165) is 37.6 Å². The van der Waals surface area contributed by atoms with Crippen molar-refractivity contribution in [2.75, 3.05) is 6.54 Å². The molecule has 108 valence electrons. The van der Waals surface area contributed by atoms with Gasteiger partial charge in [0.05, 0.1) is 13.1 Å². The Balaban J connectivity index is 1.88. The van der Waals surface area contributed by atoms with Gasteiger partial charge in [-0.1, -0.05) is 13.3 Å². The Kier molecular flexibility index (Phi) is 5.46. The molecule has 0 unspecified atom stereocenters. The highest BCUT2D eigenvalue weighted by Crippen LogP contribution is 2.25. The minimum Gasteiger partial charge on any atom is -0.463 e. The van der Waals surface area contributed by atoms with Crippen molar-refractivity contribution in [3.8, 4) is 0 Å². The highest BCUT2D eigenvalue weighted by atomic mass is 16.3. The van der Waals surface area contributed by atoms with Crippen molar-refractivity contribution in [3.63, 3.8) is 0 Å². The predicted molar refractivity (Wildman–Crippen MR) is 79.0 cm³/mol. The van der Waals surface area contributed by atoms with Crippen LogP contribution in [0, 0.1) is 0 Å². The van der Waals surface area contributed by atoms with Gasteiger partial charge in [0, 0.05) is 12.1 Å². The summed E-state index contributed by atoms with van der Waals surface area (Å²) in [5.74, 6) is 2.16. The summed E-state index contributed by atoms with van der Waals surface area (Å²) in [6.45, 7) is 9.70. The molecule has 3 nitrogen and oxygen atoms in total. The summed E-state index contributed by atoms with van der Waals surface area (Å²) in [5, 5.41) is 3.38. The van der Waals surface area contributed by atoms with E-state index in [-0.39, 0.29) is 0 Å². The first kappa shape index (κ1) is 14.6. The van der Waals surface area contributed by atoms with E-state index in [9.17, 15) is 0 Å². The Morgan fingerprint density at radius 1 is 1.21 bits per heavy atom. The van der Waals surface area contributed by atoms with E-state index in [1.807, 2.05) is 0 Å². The molecular weight excluding hydrogens is 236 g/mol. The molecule has 0 spiro atoms. The van der Waals surface area contributed by atoms with Crippen molar-refractivity contribution in [2.24, 2.45) is 0 Å². The van der Waals surface area contributed by atoms with E-state index < -0.39 is 0 Å². The normalized spacial score (nSPS) is 24.8. The first-order valence-electron chi connectivity index (χ1n) is 7.74. The first-order chi connectivity index (χ1) is 9.20. The van der Waals surface area contributed by atoms with Gasteiger partial charge in [0.25, 0.3) is 0 Å². The monoisotopic (exact) mass is 264 g/mol. The van der Waals surface area contributed by atoms with Gasteiger partial charge in [-0.2, -0.15) is 0 Å². The molecular formula is C16H28N2O. The fourth-order valence-electron chi connectivity index (χ4n) is 2.96. The number of furan rings is 1. The third-order valence-corrected chi connectivity index (χ3v) is 4.16. The van der Waals surface area contributed by atoms with Crippen molar-refractivity contribution < 1.29 is 4.42 Å². The molecule has 1 saturated heterocycles. The second-order valence-electron chi connectivity index (χ2n) is 5.85. The van der Waals surface area contributed by atoms with Gasteiger partial charge in [-0.05, 0) is 51.8 Å². The van der Waals surface area contributed by atoms with Crippen LogP contribution in [0.1, 0.15) is 58.0 Å². The van der Waals surface area contributed by atoms with Crippen LogP contribution in [0.25, 0.3) is 0 Å². The summed E-state index contributed by atoms with van der Waals surface area (Å²) < 4.78 is 5.93. The number of hydrogen-bond acceptors (Lipinski definition) is 3. The molecule has 19 heavy (non-hydrogen) atoms. The second-order valence-corrected chi connectivity index (χ2v) is 5.85. The van der Waals surface area contributed by atoms with Crippen LogP contribution in [0.4, 0.5) is 0 Å². The van der Waals surface area contributed by atoms with Crippen molar-refractivity contribution in [3.05, 3.63) is 23.7 Å². The summed E-state index contributed by atoms with van der Waals surface area (Å²) in [6, 6.07) is 5.60. The molecule has 0 bridgehead atoms. The molecule has 1 fully saturated rings. The van der Waals surface area contributed by atoms with Gasteiger partial charge in [0.2, 0.25) is 0 Å². The predicted octanol–water partition coefficient (Wildman–Crippen LogP) is 3.54. The number of piperidine rings is 1. The highest BCUT2D eigenvalue weighted by Gasteiger charge is 2.25. The quantitative estimate of drug-likeness (QED) is 0.797. The van der Waals surface area contributed by atoms with Gasteiger partial charge in [0.1, 0.15) is 11.5 Å². The SMILES string of the molecule is CCCNCc1ccc(CN2[C@H](C)CCC[C@@H]2C)o1. The van der Waals surface area contributed by atoms with Crippen LogP contribution in [0.15, 0.2) is 16.5 Å².